The number of fused-ring (bicyclic) bond motifs is 2. The fourth-order valence-corrected chi connectivity index (χ4v) is 4.01. The van der Waals surface area contributed by atoms with Crippen LogP contribution in [-0.4, -0.2) is 39.8 Å². The van der Waals surface area contributed by atoms with Crippen molar-refractivity contribution in [2.75, 3.05) is 14.2 Å². The maximum Gasteiger partial charge on any atom is 0.229 e. The molecule has 2 aromatic heterocycles. The Kier molecular flexibility index (Phi) is 4.08. The molecular formula is C22H20N4O3. The third-order valence-electron chi connectivity index (χ3n) is 5.50. The van der Waals surface area contributed by atoms with Crippen molar-refractivity contribution in [2.45, 2.75) is 18.8 Å². The van der Waals surface area contributed by atoms with Crippen LogP contribution in [-0.2, 0) is 6.42 Å². The third-order valence-corrected chi connectivity index (χ3v) is 5.50. The number of nitrogens with one attached hydrogen (secondary N) is 1. The van der Waals surface area contributed by atoms with Crippen LogP contribution in [0.2, 0.25) is 0 Å². The largest absolute Gasteiger partial charge is 0.493 e. The minimum atomic E-state index is 0.0367. The molecule has 0 amide bonds. The van der Waals surface area contributed by atoms with Gasteiger partial charge >= 0.3 is 0 Å². The SMILES string of the molecule is COc1ccc(C2CC(=O)c3cnn(-c4nc5ccccc5[nH]4)c3C2)cc1OC. The minimum Gasteiger partial charge on any atom is -0.493 e. The van der Waals surface area contributed by atoms with Gasteiger partial charge in [-0.25, -0.2) is 9.67 Å². The second kappa shape index (κ2) is 6.77. The highest BCUT2D eigenvalue weighted by atomic mass is 16.5. The zero-order valence-electron chi connectivity index (χ0n) is 16.2. The van der Waals surface area contributed by atoms with E-state index < -0.39 is 0 Å². The Hall–Kier alpha value is -3.61. The van der Waals surface area contributed by atoms with Gasteiger partial charge in [0.15, 0.2) is 17.3 Å². The zero-order valence-corrected chi connectivity index (χ0v) is 16.2. The third kappa shape index (κ3) is 2.86. The molecule has 1 N–H and O–H groups in total. The summed E-state index contributed by atoms with van der Waals surface area (Å²) in [6.07, 6.45) is 2.78. The van der Waals surface area contributed by atoms with Gasteiger partial charge in [0.05, 0.1) is 42.7 Å². The van der Waals surface area contributed by atoms with E-state index in [1.54, 1.807) is 25.1 Å². The van der Waals surface area contributed by atoms with E-state index in [4.69, 9.17) is 9.47 Å². The summed E-state index contributed by atoms with van der Waals surface area (Å²) in [5.74, 6) is 2.08. The van der Waals surface area contributed by atoms with E-state index in [1.807, 2.05) is 42.5 Å². The number of hydrogen-bond donors (Lipinski definition) is 1. The monoisotopic (exact) mass is 388 g/mol. The van der Waals surface area contributed by atoms with Crippen molar-refractivity contribution in [1.29, 1.82) is 0 Å². The summed E-state index contributed by atoms with van der Waals surface area (Å²) in [6, 6.07) is 13.6. The van der Waals surface area contributed by atoms with E-state index in [9.17, 15) is 4.79 Å². The summed E-state index contributed by atoms with van der Waals surface area (Å²) in [5.41, 5.74) is 4.39. The number of nitrogens with zero attached hydrogens (tertiary/aromatic N) is 3. The molecule has 1 atom stereocenters. The first kappa shape index (κ1) is 17.5. The van der Waals surface area contributed by atoms with Crippen LogP contribution in [0.3, 0.4) is 0 Å². The number of H-pyrrole nitrogens is 1. The van der Waals surface area contributed by atoms with Crippen LogP contribution in [0.5, 0.6) is 11.5 Å². The molecule has 2 aromatic carbocycles. The first-order valence-corrected chi connectivity index (χ1v) is 9.45. The lowest BCUT2D eigenvalue weighted by atomic mass is 9.82. The Labute approximate surface area is 167 Å². The van der Waals surface area contributed by atoms with E-state index in [0.717, 1.165) is 22.3 Å². The molecule has 29 heavy (non-hydrogen) atoms. The predicted molar refractivity (Wildman–Crippen MR) is 108 cm³/mol. The van der Waals surface area contributed by atoms with Gasteiger partial charge in [-0.1, -0.05) is 18.2 Å². The molecule has 7 heteroatoms. The quantitative estimate of drug-likeness (QED) is 0.577. The highest BCUT2D eigenvalue weighted by Gasteiger charge is 2.31. The number of carbonyl (C=O) groups is 1. The van der Waals surface area contributed by atoms with Crippen molar-refractivity contribution in [3.63, 3.8) is 0 Å². The molecule has 1 aliphatic rings. The lowest BCUT2D eigenvalue weighted by Crippen LogP contribution is -2.20. The van der Waals surface area contributed by atoms with Crippen LogP contribution in [0.15, 0.2) is 48.7 Å². The van der Waals surface area contributed by atoms with Crippen LogP contribution < -0.4 is 9.47 Å². The molecule has 2 heterocycles. The van der Waals surface area contributed by atoms with Gasteiger partial charge < -0.3 is 14.5 Å². The summed E-state index contributed by atoms with van der Waals surface area (Å²) in [6.45, 7) is 0. The Balaban J connectivity index is 1.54. The van der Waals surface area contributed by atoms with Gasteiger partial charge in [-0.3, -0.25) is 4.79 Å². The van der Waals surface area contributed by atoms with Crippen LogP contribution in [0.25, 0.3) is 17.0 Å². The molecular weight excluding hydrogens is 368 g/mol. The zero-order chi connectivity index (χ0) is 20.0. The number of Topliss-reactive ketones (excluding diaryl/α,β-unsaturated/α-hetero) is 1. The molecule has 0 bridgehead atoms. The van der Waals surface area contributed by atoms with Crippen molar-refractivity contribution in [2.24, 2.45) is 0 Å². The molecule has 0 saturated heterocycles. The number of aromatic amines is 1. The molecule has 7 nitrogen and oxygen atoms in total. The van der Waals surface area contributed by atoms with Gasteiger partial charge in [-0.05, 0) is 42.2 Å². The molecule has 4 aromatic rings. The number of ketones is 1. The Morgan fingerprint density at radius 3 is 2.69 bits per heavy atom. The molecule has 1 unspecified atom stereocenters. The summed E-state index contributed by atoms with van der Waals surface area (Å²) in [7, 11) is 3.22. The number of para-hydroxylation sites is 2. The second-order valence-corrected chi connectivity index (χ2v) is 7.14. The smallest absolute Gasteiger partial charge is 0.229 e. The van der Waals surface area contributed by atoms with Crippen molar-refractivity contribution < 1.29 is 14.3 Å². The Bertz CT molecular complexity index is 1190. The Morgan fingerprint density at radius 2 is 1.90 bits per heavy atom. The predicted octanol–water partition coefficient (Wildman–Crippen LogP) is 3.68. The van der Waals surface area contributed by atoms with Gasteiger partial charge in [-0.2, -0.15) is 5.10 Å². The van der Waals surface area contributed by atoms with Gasteiger partial charge in [0, 0.05) is 6.42 Å². The lowest BCUT2D eigenvalue weighted by Gasteiger charge is -2.23. The first-order chi connectivity index (χ1) is 14.2. The highest BCUT2D eigenvalue weighted by Crippen LogP contribution is 2.37. The number of imidazole rings is 1. The molecule has 0 fully saturated rings. The summed E-state index contributed by atoms with van der Waals surface area (Å²) < 4.78 is 12.5. The lowest BCUT2D eigenvalue weighted by molar-refractivity contribution is 0.0963. The average Bonchev–Trinajstić information content (AvgIpc) is 3.37. The van der Waals surface area contributed by atoms with Gasteiger partial charge in [0.25, 0.3) is 0 Å². The summed E-state index contributed by atoms with van der Waals surface area (Å²) >= 11 is 0. The maximum absolute atomic E-state index is 12.8. The number of carbonyl (C=O) groups excluding carboxylic acids is 1. The molecule has 0 saturated carbocycles. The second-order valence-electron chi connectivity index (χ2n) is 7.14. The van der Waals surface area contributed by atoms with E-state index >= 15 is 0 Å². The molecule has 0 spiro atoms. The van der Waals surface area contributed by atoms with E-state index in [-0.39, 0.29) is 11.7 Å². The summed E-state index contributed by atoms with van der Waals surface area (Å²) in [4.78, 5) is 20.7. The van der Waals surface area contributed by atoms with Gasteiger partial charge in [0.2, 0.25) is 5.95 Å². The van der Waals surface area contributed by atoms with Gasteiger partial charge in [0.1, 0.15) is 0 Å². The topological polar surface area (TPSA) is 82.0 Å². The molecule has 0 radical (unpaired) electrons. The summed E-state index contributed by atoms with van der Waals surface area (Å²) in [5, 5.41) is 4.46. The van der Waals surface area contributed by atoms with Crippen molar-refractivity contribution in [3.8, 4) is 17.4 Å². The van der Waals surface area contributed by atoms with Crippen LogP contribution in [0.1, 0.15) is 34.0 Å². The van der Waals surface area contributed by atoms with E-state index in [0.29, 0.717) is 35.9 Å². The average molecular weight is 388 g/mol. The normalized spacial score (nSPS) is 16.1. The fourth-order valence-electron chi connectivity index (χ4n) is 4.01. The number of ether oxygens (including phenoxy) is 2. The molecule has 146 valence electrons. The standard InChI is InChI=1S/C22H20N4O3/c1-28-20-8-7-13(11-21(20)29-2)14-9-18-15(19(27)10-14)12-23-26(18)22-24-16-5-3-4-6-17(16)25-22/h3-8,11-12,14H,9-10H2,1-2H3,(H,24,25). The molecule has 1 aliphatic carbocycles. The van der Waals surface area contributed by atoms with E-state index in [1.165, 1.54) is 0 Å². The van der Waals surface area contributed by atoms with Crippen LogP contribution in [0.4, 0.5) is 0 Å². The maximum atomic E-state index is 12.8. The number of hydrogen-bond acceptors (Lipinski definition) is 5. The van der Waals surface area contributed by atoms with Crippen molar-refractivity contribution in [3.05, 3.63) is 65.5 Å². The fraction of sp³-hybridized carbons (Fsp3) is 0.227. The van der Waals surface area contributed by atoms with Crippen LogP contribution >= 0.6 is 0 Å². The number of aromatic nitrogens is 4. The Morgan fingerprint density at radius 1 is 1.07 bits per heavy atom. The molecule has 5 rings (SSSR count). The van der Waals surface area contributed by atoms with Crippen molar-refractivity contribution in [1.82, 2.24) is 19.7 Å². The van der Waals surface area contributed by atoms with Crippen LogP contribution in [0, 0.1) is 0 Å². The first-order valence-electron chi connectivity index (χ1n) is 9.45. The number of rotatable bonds is 4. The van der Waals surface area contributed by atoms with Gasteiger partial charge in [-0.15, -0.1) is 0 Å². The number of methoxy groups -OCH3 is 2. The number of benzene rings is 2. The highest BCUT2D eigenvalue weighted by molar-refractivity contribution is 5.98. The molecule has 0 aliphatic heterocycles. The van der Waals surface area contributed by atoms with Crippen molar-refractivity contribution >= 4 is 16.8 Å². The minimum absolute atomic E-state index is 0.0367. The van der Waals surface area contributed by atoms with E-state index in [2.05, 4.69) is 15.1 Å².